The summed E-state index contributed by atoms with van der Waals surface area (Å²) in [5.41, 5.74) is 2.74. The van der Waals surface area contributed by atoms with Gasteiger partial charge in [-0.3, -0.25) is 4.79 Å². The monoisotopic (exact) mass is 345 g/mol. The van der Waals surface area contributed by atoms with Gasteiger partial charge in [0.15, 0.2) is 0 Å². The summed E-state index contributed by atoms with van der Waals surface area (Å²) in [4.78, 5) is 19.5. The summed E-state index contributed by atoms with van der Waals surface area (Å²) in [7, 11) is 0. The third kappa shape index (κ3) is 3.14. The molecule has 0 saturated carbocycles. The van der Waals surface area contributed by atoms with Crippen molar-refractivity contribution in [2.24, 2.45) is 0 Å². The van der Waals surface area contributed by atoms with Crippen LogP contribution in [0.5, 0.6) is 0 Å². The zero-order valence-electron chi connectivity index (χ0n) is 13.3. The number of hydrogen-bond acceptors (Lipinski definition) is 3. The van der Waals surface area contributed by atoms with Crippen LogP contribution in [0.25, 0.3) is 16.6 Å². The molecule has 4 rings (SSSR count). The van der Waals surface area contributed by atoms with Crippen molar-refractivity contribution in [3.63, 3.8) is 0 Å². The van der Waals surface area contributed by atoms with Gasteiger partial charge in [-0.25, -0.2) is 4.98 Å². The Hall–Kier alpha value is -3.05. The second kappa shape index (κ2) is 6.45. The highest BCUT2D eigenvalue weighted by atomic mass is 32.1. The van der Waals surface area contributed by atoms with E-state index in [1.807, 2.05) is 65.4 Å². The highest BCUT2D eigenvalue weighted by molar-refractivity contribution is 7.80. The molecule has 0 aliphatic carbocycles. The molecule has 0 spiro atoms. The zero-order valence-corrected chi connectivity index (χ0v) is 14.2. The van der Waals surface area contributed by atoms with E-state index in [0.717, 1.165) is 32.8 Å². The summed E-state index contributed by atoms with van der Waals surface area (Å²) >= 11 is 5.64. The first-order valence-corrected chi connectivity index (χ1v) is 8.35. The molecule has 0 aliphatic heterocycles. The number of pyridine rings is 1. The Balaban J connectivity index is 1.64. The lowest BCUT2D eigenvalue weighted by Crippen LogP contribution is -2.09. The number of para-hydroxylation sites is 1. The number of aromatic nitrogens is 3. The van der Waals surface area contributed by atoms with Gasteiger partial charge in [-0.1, -0.05) is 36.5 Å². The maximum Gasteiger partial charge on any atom is 0.248 e. The van der Waals surface area contributed by atoms with Gasteiger partial charge in [0, 0.05) is 40.9 Å². The number of rotatable bonds is 4. The first kappa shape index (κ1) is 15.5. The zero-order chi connectivity index (χ0) is 17.2. The van der Waals surface area contributed by atoms with E-state index in [1.54, 1.807) is 6.20 Å². The Kier molecular flexibility index (Phi) is 3.99. The molecule has 4 nitrogen and oxygen atoms in total. The van der Waals surface area contributed by atoms with Crippen LogP contribution in [0, 0.1) is 0 Å². The quantitative estimate of drug-likeness (QED) is 0.453. The molecule has 0 atom stereocenters. The van der Waals surface area contributed by atoms with Crippen molar-refractivity contribution in [3.8, 4) is 5.69 Å². The molecule has 0 amide bonds. The number of imidazole rings is 1. The Morgan fingerprint density at radius 1 is 1.08 bits per heavy atom. The SMILES string of the molecule is O=c1ccc2cc(C(=S)Cc3nccn3-c3ccccc3)ccc2[nH]1. The van der Waals surface area contributed by atoms with Gasteiger partial charge in [0.2, 0.25) is 5.56 Å². The number of aromatic amines is 1. The van der Waals surface area contributed by atoms with E-state index in [0.29, 0.717) is 6.42 Å². The molecular weight excluding hydrogens is 330 g/mol. The lowest BCUT2D eigenvalue weighted by Gasteiger charge is -2.09. The Bertz CT molecular complexity index is 1110. The second-order valence-corrected chi connectivity index (χ2v) is 6.27. The van der Waals surface area contributed by atoms with Gasteiger partial charge in [-0.05, 0) is 41.3 Å². The van der Waals surface area contributed by atoms with Crippen molar-refractivity contribution >= 4 is 28.0 Å². The predicted octanol–water partition coefficient (Wildman–Crippen LogP) is 3.67. The van der Waals surface area contributed by atoms with E-state index >= 15 is 0 Å². The summed E-state index contributed by atoms with van der Waals surface area (Å²) in [6, 6.07) is 19.2. The lowest BCUT2D eigenvalue weighted by molar-refractivity contribution is 0.948. The molecule has 122 valence electrons. The number of nitrogens with zero attached hydrogens (tertiary/aromatic N) is 2. The standard InChI is InChI=1S/C20H15N3OS/c24-20-9-7-14-12-15(6-8-17(14)22-20)18(25)13-19-21-10-11-23(19)16-4-2-1-3-5-16/h1-12H,13H2,(H,22,24). The molecule has 0 bridgehead atoms. The van der Waals surface area contributed by atoms with Crippen LogP contribution in [-0.2, 0) is 6.42 Å². The average Bonchev–Trinajstić information content (AvgIpc) is 3.10. The number of nitrogens with one attached hydrogen (secondary N) is 1. The molecule has 0 unspecified atom stereocenters. The van der Waals surface area contributed by atoms with E-state index in [9.17, 15) is 4.79 Å². The molecule has 0 saturated heterocycles. The largest absolute Gasteiger partial charge is 0.322 e. The molecule has 4 aromatic rings. The third-order valence-electron chi connectivity index (χ3n) is 4.12. The molecule has 1 N–H and O–H groups in total. The highest BCUT2D eigenvalue weighted by Gasteiger charge is 2.10. The highest BCUT2D eigenvalue weighted by Crippen LogP contribution is 2.17. The van der Waals surface area contributed by atoms with Crippen molar-refractivity contribution in [1.29, 1.82) is 0 Å². The van der Waals surface area contributed by atoms with Crippen molar-refractivity contribution in [1.82, 2.24) is 14.5 Å². The summed E-state index contributed by atoms with van der Waals surface area (Å²) in [6.07, 6.45) is 4.31. The maximum atomic E-state index is 11.4. The second-order valence-electron chi connectivity index (χ2n) is 5.77. The van der Waals surface area contributed by atoms with E-state index in [-0.39, 0.29) is 5.56 Å². The minimum absolute atomic E-state index is 0.104. The summed E-state index contributed by atoms with van der Waals surface area (Å²) < 4.78 is 2.05. The minimum atomic E-state index is -0.104. The van der Waals surface area contributed by atoms with Crippen LogP contribution in [0.1, 0.15) is 11.4 Å². The van der Waals surface area contributed by atoms with Crippen LogP contribution in [-0.4, -0.2) is 19.4 Å². The first-order valence-electron chi connectivity index (χ1n) is 7.95. The molecule has 25 heavy (non-hydrogen) atoms. The lowest BCUT2D eigenvalue weighted by atomic mass is 10.1. The number of hydrogen-bond donors (Lipinski definition) is 1. The minimum Gasteiger partial charge on any atom is -0.322 e. The number of fused-ring (bicyclic) bond motifs is 1. The van der Waals surface area contributed by atoms with Crippen LogP contribution in [0.2, 0.25) is 0 Å². The van der Waals surface area contributed by atoms with E-state index in [2.05, 4.69) is 9.97 Å². The number of benzene rings is 2. The predicted molar refractivity (Wildman–Crippen MR) is 104 cm³/mol. The van der Waals surface area contributed by atoms with Gasteiger partial charge in [-0.15, -0.1) is 0 Å². The summed E-state index contributed by atoms with van der Waals surface area (Å²) in [5, 5.41) is 0.964. The molecule has 2 aromatic carbocycles. The maximum absolute atomic E-state index is 11.4. The van der Waals surface area contributed by atoms with Gasteiger partial charge in [0.05, 0.1) is 0 Å². The van der Waals surface area contributed by atoms with Gasteiger partial charge in [0.1, 0.15) is 5.82 Å². The van der Waals surface area contributed by atoms with Gasteiger partial charge < -0.3 is 9.55 Å². The number of H-pyrrole nitrogens is 1. The fourth-order valence-corrected chi connectivity index (χ4v) is 3.12. The Morgan fingerprint density at radius 3 is 2.76 bits per heavy atom. The van der Waals surface area contributed by atoms with Crippen LogP contribution in [0.15, 0.2) is 77.9 Å². The van der Waals surface area contributed by atoms with Crippen molar-refractivity contribution in [2.45, 2.75) is 6.42 Å². The molecule has 5 heteroatoms. The van der Waals surface area contributed by atoms with Crippen LogP contribution in [0.4, 0.5) is 0 Å². The van der Waals surface area contributed by atoms with E-state index in [1.165, 1.54) is 6.07 Å². The topological polar surface area (TPSA) is 50.7 Å². The Labute approximate surface area is 149 Å². The normalized spacial score (nSPS) is 10.9. The smallest absolute Gasteiger partial charge is 0.248 e. The van der Waals surface area contributed by atoms with Crippen LogP contribution < -0.4 is 5.56 Å². The molecular formula is C20H15N3OS. The van der Waals surface area contributed by atoms with Crippen molar-refractivity contribution in [2.75, 3.05) is 0 Å². The summed E-state index contributed by atoms with van der Waals surface area (Å²) in [5.74, 6) is 0.901. The first-order chi connectivity index (χ1) is 12.2. The molecule has 0 radical (unpaired) electrons. The van der Waals surface area contributed by atoms with E-state index < -0.39 is 0 Å². The number of thiocarbonyl (C=S) groups is 1. The molecule has 2 heterocycles. The van der Waals surface area contributed by atoms with Gasteiger partial charge in [-0.2, -0.15) is 0 Å². The fourth-order valence-electron chi connectivity index (χ4n) is 2.86. The molecule has 0 aliphatic rings. The fraction of sp³-hybridized carbons (Fsp3) is 0.0500. The third-order valence-corrected chi connectivity index (χ3v) is 4.50. The van der Waals surface area contributed by atoms with Crippen molar-refractivity contribution < 1.29 is 0 Å². The average molecular weight is 345 g/mol. The van der Waals surface area contributed by atoms with Crippen LogP contribution in [0.3, 0.4) is 0 Å². The molecule has 0 fully saturated rings. The van der Waals surface area contributed by atoms with Gasteiger partial charge >= 0.3 is 0 Å². The molecule has 2 aromatic heterocycles. The van der Waals surface area contributed by atoms with Crippen LogP contribution >= 0.6 is 12.2 Å². The van der Waals surface area contributed by atoms with Gasteiger partial charge in [0.25, 0.3) is 0 Å². The Morgan fingerprint density at radius 2 is 1.92 bits per heavy atom. The van der Waals surface area contributed by atoms with Crippen molar-refractivity contribution in [3.05, 3.63) is 94.8 Å². The summed E-state index contributed by atoms with van der Waals surface area (Å²) in [6.45, 7) is 0. The van der Waals surface area contributed by atoms with E-state index in [4.69, 9.17) is 12.2 Å².